The lowest BCUT2D eigenvalue weighted by Gasteiger charge is -2.32. The van der Waals surface area contributed by atoms with Crippen molar-refractivity contribution >= 4 is 43.3 Å². The maximum atomic E-state index is 13.7. The number of hydrazone groups is 1. The molecule has 1 atom stereocenters. The first-order valence-corrected chi connectivity index (χ1v) is 15.5. The molecule has 3 aromatic rings. The van der Waals surface area contributed by atoms with Gasteiger partial charge in [0.25, 0.3) is 10.0 Å². The van der Waals surface area contributed by atoms with Crippen molar-refractivity contribution in [3.63, 3.8) is 0 Å². The molecule has 1 saturated carbocycles. The SMILES string of the molecule is NS(=O)(=O)C1CC(N=C(NS(=O)(=O)c2ccc(Cl)cc2)N2C[C@H](c3ccccc3)C(c3ccc(F)cc3)=N2)C1. The number of rotatable bonds is 6. The van der Waals surface area contributed by atoms with Gasteiger partial charge in [0, 0.05) is 10.9 Å². The van der Waals surface area contributed by atoms with E-state index in [0.717, 1.165) is 5.56 Å². The molecule has 0 amide bonds. The first kappa shape index (κ1) is 27.3. The van der Waals surface area contributed by atoms with Gasteiger partial charge in [-0.25, -0.2) is 41.1 Å². The molecule has 0 radical (unpaired) electrons. The Hall–Kier alpha value is -3.32. The highest BCUT2D eigenvalue weighted by Crippen LogP contribution is 2.32. The smallest absolute Gasteiger partial charge is 0.248 e. The molecule has 39 heavy (non-hydrogen) atoms. The van der Waals surface area contributed by atoms with E-state index >= 15 is 0 Å². The Morgan fingerprint density at radius 3 is 2.23 bits per heavy atom. The fourth-order valence-electron chi connectivity index (χ4n) is 4.49. The topological polar surface area (TPSA) is 134 Å². The number of halogens is 2. The van der Waals surface area contributed by atoms with Gasteiger partial charge < -0.3 is 0 Å². The zero-order chi connectivity index (χ0) is 27.8. The standard InChI is InChI=1S/C26H25ClFN5O4S2/c27-19-8-12-22(13-9-19)39(36,37)32-26(30-21-14-23(15-21)38(29,34)35)33-16-24(17-4-2-1-3-5-17)25(31-33)18-6-10-20(28)11-7-18/h1-13,21,23-24H,14-16H2,(H,30,32)(H2,29,34,35)/t21?,23?,24-/m1/s1. The molecule has 1 aliphatic heterocycles. The number of nitrogens with zero attached hydrogens (tertiary/aromatic N) is 3. The van der Waals surface area contributed by atoms with Gasteiger partial charge >= 0.3 is 0 Å². The predicted molar refractivity (Wildman–Crippen MR) is 148 cm³/mol. The van der Waals surface area contributed by atoms with Gasteiger partial charge in [0.15, 0.2) is 0 Å². The summed E-state index contributed by atoms with van der Waals surface area (Å²) in [4.78, 5) is 4.53. The maximum absolute atomic E-state index is 13.7. The summed E-state index contributed by atoms with van der Waals surface area (Å²) >= 11 is 5.93. The third-order valence-electron chi connectivity index (χ3n) is 6.69. The van der Waals surface area contributed by atoms with E-state index in [9.17, 15) is 21.2 Å². The average molecular weight is 590 g/mol. The molecular formula is C26H25ClFN5O4S2. The zero-order valence-electron chi connectivity index (χ0n) is 20.5. The molecule has 0 saturated heterocycles. The van der Waals surface area contributed by atoms with Crippen LogP contribution in [0.1, 0.15) is 29.9 Å². The van der Waals surface area contributed by atoms with Crippen molar-refractivity contribution in [2.45, 2.75) is 34.9 Å². The Morgan fingerprint density at radius 2 is 1.62 bits per heavy atom. The highest BCUT2D eigenvalue weighted by atomic mass is 35.5. The van der Waals surface area contributed by atoms with Gasteiger partial charge in [0.05, 0.1) is 28.4 Å². The van der Waals surface area contributed by atoms with Crippen molar-refractivity contribution in [3.05, 3.63) is 101 Å². The van der Waals surface area contributed by atoms with E-state index in [2.05, 4.69) is 9.71 Å². The summed E-state index contributed by atoms with van der Waals surface area (Å²) in [5.74, 6) is -0.723. The molecular weight excluding hydrogens is 565 g/mol. The molecule has 0 spiro atoms. The second-order valence-electron chi connectivity index (χ2n) is 9.39. The molecule has 0 aromatic heterocycles. The molecule has 1 heterocycles. The number of aliphatic imine (C=N–C) groups is 1. The van der Waals surface area contributed by atoms with E-state index in [1.165, 1.54) is 41.4 Å². The first-order chi connectivity index (χ1) is 18.5. The summed E-state index contributed by atoms with van der Waals surface area (Å²) in [6.07, 6.45) is 0.324. The van der Waals surface area contributed by atoms with E-state index in [1.807, 2.05) is 30.3 Å². The average Bonchev–Trinajstić information content (AvgIpc) is 3.31. The molecule has 2 aliphatic rings. The van der Waals surface area contributed by atoms with Gasteiger partial charge in [-0.2, -0.15) is 5.10 Å². The number of nitrogens with two attached hydrogens (primary N) is 1. The minimum atomic E-state index is -4.10. The van der Waals surface area contributed by atoms with E-state index in [1.54, 1.807) is 12.1 Å². The lowest BCUT2D eigenvalue weighted by Crippen LogP contribution is -2.46. The summed E-state index contributed by atoms with van der Waals surface area (Å²) in [5.41, 5.74) is 2.21. The highest BCUT2D eigenvalue weighted by Gasteiger charge is 2.39. The normalized spacial score (nSPS) is 21.8. The van der Waals surface area contributed by atoms with Crippen LogP contribution in [0.2, 0.25) is 5.02 Å². The number of hydrogen-bond donors (Lipinski definition) is 2. The number of nitrogens with one attached hydrogen (secondary N) is 1. The van der Waals surface area contributed by atoms with E-state index in [0.29, 0.717) is 16.3 Å². The van der Waals surface area contributed by atoms with Crippen molar-refractivity contribution in [3.8, 4) is 0 Å². The number of primary sulfonamides is 1. The minimum Gasteiger partial charge on any atom is -0.248 e. The lowest BCUT2D eigenvalue weighted by molar-refractivity contribution is 0.395. The molecule has 1 aliphatic carbocycles. The lowest BCUT2D eigenvalue weighted by atomic mass is 9.90. The summed E-state index contributed by atoms with van der Waals surface area (Å²) in [5, 5.41) is 11.1. The van der Waals surface area contributed by atoms with Gasteiger partial charge in [0.2, 0.25) is 16.0 Å². The highest BCUT2D eigenvalue weighted by molar-refractivity contribution is 7.90. The van der Waals surface area contributed by atoms with Crippen LogP contribution in [0.4, 0.5) is 4.39 Å². The summed E-state index contributed by atoms with van der Waals surface area (Å²) in [6.45, 7) is 0.240. The van der Waals surface area contributed by atoms with Crippen molar-refractivity contribution in [1.29, 1.82) is 0 Å². The molecule has 3 N–H and O–H groups in total. The quantitative estimate of drug-likeness (QED) is 0.335. The molecule has 0 bridgehead atoms. The molecule has 9 nitrogen and oxygen atoms in total. The maximum Gasteiger partial charge on any atom is 0.264 e. The Bertz CT molecular complexity index is 1630. The fraction of sp³-hybridized carbons (Fsp3) is 0.231. The molecule has 0 unspecified atom stereocenters. The summed E-state index contributed by atoms with van der Waals surface area (Å²) in [7, 11) is -7.82. The van der Waals surface area contributed by atoms with Crippen molar-refractivity contribution in [1.82, 2.24) is 9.73 Å². The van der Waals surface area contributed by atoms with Gasteiger partial charge in [0.1, 0.15) is 5.82 Å². The molecule has 1 fully saturated rings. The van der Waals surface area contributed by atoms with Crippen molar-refractivity contribution < 1.29 is 21.2 Å². The van der Waals surface area contributed by atoms with E-state index < -0.39 is 37.2 Å². The van der Waals surface area contributed by atoms with Crippen LogP contribution in [0.3, 0.4) is 0 Å². The van der Waals surface area contributed by atoms with Gasteiger partial charge in [-0.15, -0.1) is 0 Å². The largest absolute Gasteiger partial charge is 0.264 e. The fourth-order valence-corrected chi connectivity index (χ4v) is 6.60. The summed E-state index contributed by atoms with van der Waals surface area (Å²) in [6, 6.07) is 20.6. The Balaban J connectivity index is 1.53. The van der Waals surface area contributed by atoms with E-state index in [-0.39, 0.29) is 36.2 Å². The van der Waals surface area contributed by atoms with Crippen LogP contribution < -0.4 is 9.86 Å². The third-order valence-corrected chi connectivity index (χ3v) is 9.60. The van der Waals surface area contributed by atoms with Crippen LogP contribution in [0.15, 0.2) is 93.9 Å². The second-order valence-corrected chi connectivity index (χ2v) is 13.3. The number of sulfonamides is 2. The van der Waals surface area contributed by atoms with Crippen molar-refractivity contribution in [2.75, 3.05) is 6.54 Å². The van der Waals surface area contributed by atoms with Crippen LogP contribution in [0.25, 0.3) is 0 Å². The van der Waals surface area contributed by atoms with Crippen molar-refractivity contribution in [2.24, 2.45) is 15.2 Å². The van der Waals surface area contributed by atoms with Gasteiger partial charge in [-0.1, -0.05) is 54.1 Å². The van der Waals surface area contributed by atoms with Crippen LogP contribution >= 0.6 is 11.6 Å². The first-order valence-electron chi connectivity index (χ1n) is 12.0. The molecule has 5 rings (SSSR count). The molecule has 204 valence electrons. The zero-order valence-corrected chi connectivity index (χ0v) is 22.9. The summed E-state index contributed by atoms with van der Waals surface area (Å²) < 4.78 is 66.2. The Labute approximate surface area is 231 Å². The Morgan fingerprint density at radius 1 is 0.974 bits per heavy atom. The van der Waals surface area contributed by atoms with Crippen LogP contribution in [0.5, 0.6) is 0 Å². The van der Waals surface area contributed by atoms with Gasteiger partial charge in [-0.3, -0.25) is 0 Å². The number of benzene rings is 3. The second kappa shape index (κ2) is 10.7. The minimum absolute atomic E-state index is 0.0304. The van der Waals surface area contributed by atoms with Crippen LogP contribution in [-0.2, 0) is 20.0 Å². The van der Waals surface area contributed by atoms with Crippen LogP contribution in [-0.4, -0.2) is 51.4 Å². The molecule has 3 aromatic carbocycles. The molecule has 13 heteroatoms. The Kier molecular flexibility index (Phi) is 7.47. The predicted octanol–water partition coefficient (Wildman–Crippen LogP) is 3.44. The number of guanidine groups is 1. The number of hydrogen-bond acceptors (Lipinski definition) is 6. The third kappa shape index (κ3) is 6.14. The van der Waals surface area contributed by atoms with Gasteiger partial charge in [-0.05, 0) is 60.4 Å². The van der Waals surface area contributed by atoms with E-state index in [4.69, 9.17) is 21.8 Å². The van der Waals surface area contributed by atoms with Crippen LogP contribution in [0, 0.1) is 5.82 Å². The monoisotopic (exact) mass is 589 g/mol.